The molecular formula is C14H10N2O. The highest BCUT2D eigenvalue weighted by Gasteiger charge is 2.02. The average Bonchev–Trinajstić information content (AvgIpc) is 2.37. The van der Waals surface area contributed by atoms with Crippen LogP contribution in [0.5, 0.6) is 0 Å². The van der Waals surface area contributed by atoms with E-state index in [9.17, 15) is 4.79 Å². The lowest BCUT2D eigenvalue weighted by Gasteiger charge is -1.94. The first-order valence-electron chi connectivity index (χ1n) is 5.16. The standard InChI is InChI=1S/C14H10N2O/c1-11-4-2-6-13(16-11)14(17)8-7-12-5-3-9-15-10-12/h2-6,9-10H,1H3. The van der Waals surface area contributed by atoms with Gasteiger partial charge in [-0.15, -0.1) is 0 Å². The number of carbonyl (C=O) groups is 1. The van der Waals surface area contributed by atoms with Crippen LogP contribution in [0.1, 0.15) is 21.7 Å². The Labute approximate surface area is 99.5 Å². The quantitative estimate of drug-likeness (QED) is 0.547. The van der Waals surface area contributed by atoms with E-state index < -0.39 is 0 Å². The van der Waals surface area contributed by atoms with E-state index in [2.05, 4.69) is 21.8 Å². The number of rotatable bonds is 1. The number of pyridine rings is 2. The van der Waals surface area contributed by atoms with E-state index in [1.165, 1.54) is 0 Å². The molecule has 0 unspecified atom stereocenters. The summed E-state index contributed by atoms with van der Waals surface area (Å²) in [7, 11) is 0. The van der Waals surface area contributed by atoms with Gasteiger partial charge in [0.25, 0.3) is 5.78 Å². The molecule has 0 fully saturated rings. The third kappa shape index (κ3) is 2.99. The number of hydrogen-bond acceptors (Lipinski definition) is 3. The fourth-order valence-corrected chi connectivity index (χ4v) is 1.30. The summed E-state index contributed by atoms with van der Waals surface area (Å²) in [6.45, 7) is 1.84. The highest BCUT2D eigenvalue weighted by molar-refractivity contribution is 6.07. The fourth-order valence-electron chi connectivity index (χ4n) is 1.30. The lowest BCUT2D eigenvalue weighted by atomic mass is 10.2. The molecular weight excluding hydrogens is 212 g/mol. The third-order valence-electron chi connectivity index (χ3n) is 2.10. The molecule has 0 aliphatic heterocycles. The van der Waals surface area contributed by atoms with Crippen molar-refractivity contribution in [1.82, 2.24) is 9.97 Å². The summed E-state index contributed by atoms with van der Waals surface area (Å²) < 4.78 is 0. The molecule has 0 atom stereocenters. The highest BCUT2D eigenvalue weighted by Crippen LogP contribution is 1.99. The van der Waals surface area contributed by atoms with Crippen LogP contribution in [0.2, 0.25) is 0 Å². The number of carbonyl (C=O) groups excluding carboxylic acids is 1. The molecule has 3 nitrogen and oxygen atoms in total. The van der Waals surface area contributed by atoms with Crippen molar-refractivity contribution >= 4 is 5.78 Å². The Morgan fingerprint density at radius 1 is 1.24 bits per heavy atom. The van der Waals surface area contributed by atoms with Crippen molar-refractivity contribution < 1.29 is 4.79 Å². The third-order valence-corrected chi connectivity index (χ3v) is 2.10. The van der Waals surface area contributed by atoms with Gasteiger partial charge in [0, 0.05) is 23.7 Å². The fraction of sp³-hybridized carbons (Fsp3) is 0.0714. The molecule has 0 radical (unpaired) electrons. The Balaban J connectivity index is 2.21. The van der Waals surface area contributed by atoms with Gasteiger partial charge in [0.15, 0.2) is 0 Å². The molecule has 2 aromatic heterocycles. The van der Waals surface area contributed by atoms with Crippen LogP contribution in [-0.4, -0.2) is 15.8 Å². The first-order valence-corrected chi connectivity index (χ1v) is 5.16. The van der Waals surface area contributed by atoms with Crippen LogP contribution < -0.4 is 0 Å². The topological polar surface area (TPSA) is 42.9 Å². The molecule has 0 saturated carbocycles. The molecule has 0 amide bonds. The first kappa shape index (κ1) is 11.0. The largest absolute Gasteiger partial charge is 0.277 e. The Morgan fingerprint density at radius 2 is 2.12 bits per heavy atom. The SMILES string of the molecule is Cc1cccc(C(=O)C#Cc2cccnc2)n1. The zero-order chi connectivity index (χ0) is 12.1. The van der Waals surface area contributed by atoms with Crippen molar-refractivity contribution in [2.24, 2.45) is 0 Å². The summed E-state index contributed by atoms with van der Waals surface area (Å²) in [4.78, 5) is 19.8. The molecule has 0 N–H and O–H groups in total. The summed E-state index contributed by atoms with van der Waals surface area (Å²) in [5, 5.41) is 0. The summed E-state index contributed by atoms with van der Waals surface area (Å²) in [5.74, 6) is 5.03. The maximum Gasteiger partial charge on any atom is 0.254 e. The van der Waals surface area contributed by atoms with Crippen LogP contribution >= 0.6 is 0 Å². The summed E-state index contributed by atoms with van der Waals surface area (Å²) in [5.41, 5.74) is 1.90. The van der Waals surface area contributed by atoms with Crippen molar-refractivity contribution in [3.8, 4) is 11.8 Å². The molecule has 0 aromatic carbocycles. The minimum Gasteiger partial charge on any atom is -0.277 e. The predicted octanol–water partition coefficient (Wildman–Crippen LogP) is 2.02. The van der Waals surface area contributed by atoms with Gasteiger partial charge in [-0.25, -0.2) is 4.98 Å². The van der Waals surface area contributed by atoms with Crippen molar-refractivity contribution in [1.29, 1.82) is 0 Å². The smallest absolute Gasteiger partial charge is 0.254 e. The van der Waals surface area contributed by atoms with E-state index in [-0.39, 0.29) is 5.78 Å². The minimum atomic E-state index is -0.280. The van der Waals surface area contributed by atoms with Gasteiger partial charge in [-0.05, 0) is 37.1 Å². The van der Waals surface area contributed by atoms with Gasteiger partial charge in [0.2, 0.25) is 0 Å². The first-order chi connectivity index (χ1) is 8.25. The van der Waals surface area contributed by atoms with Crippen LogP contribution in [0.25, 0.3) is 0 Å². The van der Waals surface area contributed by atoms with E-state index in [0.717, 1.165) is 5.69 Å². The maximum absolute atomic E-state index is 11.7. The maximum atomic E-state index is 11.7. The number of nitrogens with zero attached hydrogens (tertiary/aromatic N) is 2. The Morgan fingerprint density at radius 3 is 2.82 bits per heavy atom. The lowest BCUT2D eigenvalue weighted by Crippen LogP contribution is -1.99. The number of aromatic nitrogens is 2. The normalized spacial score (nSPS) is 9.24. The van der Waals surface area contributed by atoms with E-state index in [1.54, 1.807) is 36.7 Å². The molecule has 3 heteroatoms. The van der Waals surface area contributed by atoms with Gasteiger partial charge >= 0.3 is 0 Å². The highest BCUT2D eigenvalue weighted by atomic mass is 16.1. The van der Waals surface area contributed by atoms with Crippen LogP contribution in [0, 0.1) is 18.8 Å². The average molecular weight is 222 g/mol. The summed E-state index contributed by atoms with van der Waals surface area (Å²) in [6.07, 6.45) is 3.28. The summed E-state index contributed by atoms with van der Waals surface area (Å²) >= 11 is 0. The van der Waals surface area contributed by atoms with Crippen molar-refractivity contribution in [3.05, 3.63) is 59.7 Å². The molecule has 2 aromatic rings. The van der Waals surface area contributed by atoms with Gasteiger partial charge in [-0.3, -0.25) is 9.78 Å². The van der Waals surface area contributed by atoms with Crippen LogP contribution in [0.3, 0.4) is 0 Å². The minimum absolute atomic E-state index is 0.280. The zero-order valence-electron chi connectivity index (χ0n) is 9.34. The van der Waals surface area contributed by atoms with E-state index in [1.807, 2.05) is 13.0 Å². The molecule has 0 saturated heterocycles. The monoisotopic (exact) mass is 222 g/mol. The number of hydrogen-bond donors (Lipinski definition) is 0. The lowest BCUT2D eigenvalue weighted by molar-refractivity contribution is 0.105. The van der Waals surface area contributed by atoms with E-state index in [0.29, 0.717) is 11.3 Å². The molecule has 0 bridgehead atoms. The van der Waals surface area contributed by atoms with Crippen molar-refractivity contribution in [2.45, 2.75) is 6.92 Å². The Bertz CT molecular complexity index is 594. The second kappa shape index (κ2) is 5.04. The van der Waals surface area contributed by atoms with Crippen LogP contribution in [-0.2, 0) is 0 Å². The molecule has 82 valence electrons. The molecule has 2 rings (SSSR count). The van der Waals surface area contributed by atoms with Gasteiger partial charge < -0.3 is 0 Å². The number of ketones is 1. The van der Waals surface area contributed by atoms with Crippen molar-refractivity contribution in [3.63, 3.8) is 0 Å². The number of Topliss-reactive ketones (excluding diaryl/α,β-unsaturated/α-hetero) is 1. The second-order valence-corrected chi connectivity index (χ2v) is 3.49. The molecule has 17 heavy (non-hydrogen) atoms. The van der Waals surface area contributed by atoms with Gasteiger partial charge in [-0.1, -0.05) is 12.0 Å². The van der Waals surface area contributed by atoms with E-state index in [4.69, 9.17) is 0 Å². The van der Waals surface area contributed by atoms with Gasteiger partial charge in [-0.2, -0.15) is 0 Å². The predicted molar refractivity (Wildman–Crippen MR) is 64.4 cm³/mol. The van der Waals surface area contributed by atoms with E-state index >= 15 is 0 Å². The van der Waals surface area contributed by atoms with Gasteiger partial charge in [0.05, 0.1) is 0 Å². The second-order valence-electron chi connectivity index (χ2n) is 3.49. The van der Waals surface area contributed by atoms with Gasteiger partial charge in [0.1, 0.15) is 5.69 Å². The molecule has 0 aliphatic carbocycles. The molecule has 0 spiro atoms. The van der Waals surface area contributed by atoms with Crippen LogP contribution in [0.15, 0.2) is 42.7 Å². The Hall–Kier alpha value is -2.47. The van der Waals surface area contributed by atoms with Crippen molar-refractivity contribution in [2.75, 3.05) is 0 Å². The van der Waals surface area contributed by atoms with Crippen LogP contribution in [0.4, 0.5) is 0 Å². The number of aryl methyl sites for hydroxylation is 1. The molecule has 0 aliphatic rings. The molecule has 2 heterocycles. The summed E-state index contributed by atoms with van der Waals surface area (Å²) in [6, 6.07) is 8.87. The Kier molecular flexibility index (Phi) is 3.27. The zero-order valence-corrected chi connectivity index (χ0v) is 9.34.